The van der Waals surface area contributed by atoms with Gasteiger partial charge >= 0.3 is 5.97 Å². The van der Waals surface area contributed by atoms with E-state index in [-0.39, 0.29) is 0 Å². The zero-order chi connectivity index (χ0) is 11.7. The zero-order valence-corrected chi connectivity index (χ0v) is 9.19. The number of ether oxygens (including phenoxy) is 1. The highest BCUT2D eigenvalue weighted by molar-refractivity contribution is 5.75. The number of esters is 1. The highest BCUT2D eigenvalue weighted by Crippen LogP contribution is 2.05. The molecule has 4 nitrogen and oxygen atoms in total. The molecule has 0 heterocycles. The molecule has 4 heteroatoms. The Balaban J connectivity index is 3.79. The number of rotatable bonds is 8. The van der Waals surface area contributed by atoms with Gasteiger partial charge in [-0.25, -0.2) is 4.79 Å². The molecule has 2 atom stereocenters. The monoisotopic (exact) mass is 216 g/mol. The Hall–Kier alpha value is -0.870. The molecule has 15 heavy (non-hydrogen) atoms. The topological polar surface area (TPSA) is 66.8 Å². The summed E-state index contributed by atoms with van der Waals surface area (Å²) < 4.78 is 4.77. The predicted octanol–water partition coefficient (Wildman–Crippen LogP) is 1.02. The number of unbranched alkanes of at least 4 members (excludes halogenated alkanes) is 1. The van der Waals surface area contributed by atoms with E-state index in [4.69, 9.17) is 4.74 Å². The van der Waals surface area contributed by atoms with Crippen LogP contribution in [0.5, 0.6) is 0 Å². The second-order valence-corrected chi connectivity index (χ2v) is 3.40. The number of allylic oxidation sites excluding steroid dienone is 1. The van der Waals surface area contributed by atoms with Crippen LogP contribution in [-0.2, 0) is 9.53 Å². The summed E-state index contributed by atoms with van der Waals surface area (Å²) in [5.74, 6) is -0.750. The van der Waals surface area contributed by atoms with Gasteiger partial charge in [-0.1, -0.05) is 19.4 Å². The summed E-state index contributed by atoms with van der Waals surface area (Å²) in [7, 11) is 0. The third-order valence-corrected chi connectivity index (χ3v) is 2.01. The van der Waals surface area contributed by atoms with Crippen LogP contribution >= 0.6 is 0 Å². The zero-order valence-electron chi connectivity index (χ0n) is 9.19. The van der Waals surface area contributed by atoms with E-state index in [1.165, 1.54) is 0 Å². The molecule has 0 aromatic heterocycles. The van der Waals surface area contributed by atoms with Crippen LogP contribution in [-0.4, -0.2) is 35.0 Å². The molecule has 0 saturated carbocycles. The van der Waals surface area contributed by atoms with Gasteiger partial charge in [0.2, 0.25) is 0 Å². The molecular weight excluding hydrogens is 196 g/mol. The van der Waals surface area contributed by atoms with Gasteiger partial charge in [0.15, 0.2) is 6.10 Å². The van der Waals surface area contributed by atoms with Crippen molar-refractivity contribution in [3.05, 3.63) is 12.7 Å². The first-order valence-corrected chi connectivity index (χ1v) is 5.27. The van der Waals surface area contributed by atoms with Gasteiger partial charge in [0, 0.05) is 0 Å². The van der Waals surface area contributed by atoms with Gasteiger partial charge in [-0.2, -0.15) is 0 Å². The normalized spacial score (nSPS) is 14.3. The molecule has 0 aliphatic carbocycles. The first-order chi connectivity index (χ1) is 7.13. The Bertz CT molecular complexity index is 191. The van der Waals surface area contributed by atoms with Gasteiger partial charge in [0.1, 0.15) is 0 Å². The van der Waals surface area contributed by atoms with E-state index in [9.17, 15) is 15.0 Å². The molecule has 0 aliphatic heterocycles. The maximum Gasteiger partial charge on any atom is 0.337 e. The second-order valence-electron chi connectivity index (χ2n) is 3.40. The largest absolute Gasteiger partial charge is 0.464 e. The summed E-state index contributed by atoms with van der Waals surface area (Å²) in [4.78, 5) is 11.2. The molecule has 0 amide bonds. The Kier molecular flexibility index (Phi) is 7.95. The average molecular weight is 216 g/mol. The Morgan fingerprint density at radius 2 is 2.20 bits per heavy atom. The van der Waals surface area contributed by atoms with Crippen molar-refractivity contribution in [1.82, 2.24) is 0 Å². The number of hydrogen-bond acceptors (Lipinski definition) is 4. The van der Waals surface area contributed by atoms with Gasteiger partial charge in [0.25, 0.3) is 0 Å². The first kappa shape index (κ1) is 14.1. The first-order valence-electron chi connectivity index (χ1n) is 5.27. The lowest BCUT2D eigenvalue weighted by Gasteiger charge is -2.15. The number of aliphatic hydroxyl groups is 2. The highest BCUT2D eigenvalue weighted by Gasteiger charge is 2.24. The molecule has 0 aromatic rings. The van der Waals surface area contributed by atoms with E-state index in [1.54, 1.807) is 6.08 Å². The van der Waals surface area contributed by atoms with Crippen LogP contribution in [0.4, 0.5) is 0 Å². The second kappa shape index (κ2) is 8.44. The minimum Gasteiger partial charge on any atom is -0.464 e. The molecule has 0 bridgehead atoms. The Morgan fingerprint density at radius 3 is 2.73 bits per heavy atom. The third-order valence-electron chi connectivity index (χ3n) is 2.01. The molecule has 0 radical (unpaired) electrons. The lowest BCUT2D eigenvalue weighted by Crippen LogP contribution is -2.35. The van der Waals surface area contributed by atoms with E-state index >= 15 is 0 Å². The minimum absolute atomic E-state index is 0.292. The van der Waals surface area contributed by atoms with E-state index in [1.807, 2.05) is 6.92 Å². The van der Waals surface area contributed by atoms with Crippen molar-refractivity contribution in [2.75, 3.05) is 6.61 Å². The van der Waals surface area contributed by atoms with Crippen LogP contribution in [0.3, 0.4) is 0 Å². The molecule has 0 spiro atoms. The van der Waals surface area contributed by atoms with Crippen molar-refractivity contribution in [3.8, 4) is 0 Å². The van der Waals surface area contributed by atoms with Crippen molar-refractivity contribution >= 4 is 5.97 Å². The predicted molar refractivity (Wildman–Crippen MR) is 57.3 cm³/mol. The van der Waals surface area contributed by atoms with Crippen molar-refractivity contribution < 1.29 is 19.7 Å². The highest BCUT2D eigenvalue weighted by atomic mass is 16.5. The fourth-order valence-corrected chi connectivity index (χ4v) is 1.01. The number of hydrogen-bond donors (Lipinski definition) is 2. The molecule has 0 fully saturated rings. The smallest absolute Gasteiger partial charge is 0.337 e. The van der Waals surface area contributed by atoms with Crippen molar-refractivity contribution in [2.45, 2.75) is 44.8 Å². The summed E-state index contributed by atoms with van der Waals surface area (Å²) in [6, 6.07) is 0. The van der Waals surface area contributed by atoms with E-state index in [0.717, 1.165) is 12.8 Å². The third kappa shape index (κ3) is 6.25. The Labute approximate surface area is 90.6 Å². The van der Waals surface area contributed by atoms with E-state index in [0.29, 0.717) is 19.4 Å². The van der Waals surface area contributed by atoms with Crippen LogP contribution in [0.2, 0.25) is 0 Å². The lowest BCUT2D eigenvalue weighted by atomic mass is 10.1. The van der Waals surface area contributed by atoms with Crippen molar-refractivity contribution in [1.29, 1.82) is 0 Å². The van der Waals surface area contributed by atoms with Gasteiger partial charge in [-0.15, -0.1) is 6.58 Å². The summed E-state index contributed by atoms with van der Waals surface area (Å²) in [5.41, 5.74) is 0. The molecule has 0 rings (SSSR count). The van der Waals surface area contributed by atoms with Crippen LogP contribution < -0.4 is 0 Å². The number of carbonyl (C=O) groups excluding carboxylic acids is 1. The summed E-state index contributed by atoms with van der Waals surface area (Å²) >= 11 is 0. The summed E-state index contributed by atoms with van der Waals surface area (Å²) in [5, 5.41) is 18.7. The molecule has 2 unspecified atom stereocenters. The molecule has 0 aliphatic rings. The van der Waals surface area contributed by atoms with Crippen LogP contribution in [0.15, 0.2) is 12.7 Å². The molecule has 0 saturated heterocycles. The fraction of sp³-hybridized carbons (Fsp3) is 0.727. The molecule has 0 aromatic carbocycles. The quantitative estimate of drug-likeness (QED) is 0.361. The molecule has 88 valence electrons. The average Bonchev–Trinajstić information content (AvgIpc) is 2.24. The standard InChI is InChI=1S/C11H20O4/c1-3-5-7-9(12)10(13)11(14)15-8-6-4-2/h3,9-10,12-13H,1,4-8H2,2H3. The van der Waals surface area contributed by atoms with Crippen LogP contribution in [0, 0.1) is 0 Å². The van der Waals surface area contributed by atoms with Crippen LogP contribution in [0.25, 0.3) is 0 Å². The maximum absolute atomic E-state index is 11.2. The number of aliphatic hydroxyl groups excluding tert-OH is 2. The molecule has 2 N–H and O–H groups in total. The Morgan fingerprint density at radius 1 is 1.53 bits per heavy atom. The fourth-order valence-electron chi connectivity index (χ4n) is 1.01. The lowest BCUT2D eigenvalue weighted by molar-refractivity contribution is -0.160. The SMILES string of the molecule is C=CCCC(O)C(O)C(=O)OCCCC. The van der Waals surface area contributed by atoms with E-state index < -0.39 is 18.2 Å². The minimum atomic E-state index is -1.44. The van der Waals surface area contributed by atoms with Gasteiger partial charge in [-0.05, 0) is 19.3 Å². The molecular formula is C11H20O4. The van der Waals surface area contributed by atoms with Gasteiger partial charge < -0.3 is 14.9 Å². The van der Waals surface area contributed by atoms with Gasteiger partial charge in [-0.3, -0.25) is 0 Å². The van der Waals surface area contributed by atoms with E-state index in [2.05, 4.69) is 6.58 Å². The number of carbonyl (C=O) groups is 1. The van der Waals surface area contributed by atoms with Crippen molar-refractivity contribution in [2.24, 2.45) is 0 Å². The maximum atomic E-state index is 11.2. The van der Waals surface area contributed by atoms with Crippen LogP contribution in [0.1, 0.15) is 32.6 Å². The van der Waals surface area contributed by atoms with Gasteiger partial charge in [0.05, 0.1) is 12.7 Å². The van der Waals surface area contributed by atoms with Crippen molar-refractivity contribution in [3.63, 3.8) is 0 Å². The summed E-state index contributed by atoms with van der Waals surface area (Å²) in [6.45, 7) is 5.76. The summed E-state index contributed by atoms with van der Waals surface area (Å²) in [6.07, 6.45) is 1.66.